The number of carbonyl (C=O) groups excluding carboxylic acids is 1. The van der Waals surface area contributed by atoms with E-state index in [1.54, 1.807) is 6.20 Å². The van der Waals surface area contributed by atoms with Crippen molar-refractivity contribution >= 4 is 23.4 Å². The molecule has 30 heavy (non-hydrogen) atoms. The number of benzene rings is 1. The smallest absolute Gasteiger partial charge is 0.241 e. The van der Waals surface area contributed by atoms with Gasteiger partial charge in [0.05, 0.1) is 11.9 Å². The quantitative estimate of drug-likeness (QED) is 0.488. The van der Waals surface area contributed by atoms with Crippen molar-refractivity contribution in [3.63, 3.8) is 0 Å². The molecule has 4 rings (SSSR count). The van der Waals surface area contributed by atoms with Gasteiger partial charge in [-0.3, -0.25) is 9.48 Å². The first-order valence-electron chi connectivity index (χ1n) is 9.26. The molecular formula is C19H18F3N7O. The Hall–Kier alpha value is -3.63. The molecule has 0 atom stereocenters. The lowest BCUT2D eigenvalue weighted by atomic mass is 10.2. The van der Waals surface area contributed by atoms with Crippen LogP contribution in [-0.2, 0) is 17.9 Å². The van der Waals surface area contributed by atoms with Gasteiger partial charge in [0.25, 0.3) is 0 Å². The van der Waals surface area contributed by atoms with E-state index < -0.39 is 23.0 Å². The highest BCUT2D eigenvalue weighted by Crippen LogP contribution is 2.19. The fourth-order valence-corrected chi connectivity index (χ4v) is 2.72. The third-order valence-corrected chi connectivity index (χ3v) is 4.38. The minimum absolute atomic E-state index is 0.103. The van der Waals surface area contributed by atoms with Gasteiger partial charge in [0.15, 0.2) is 11.6 Å². The molecule has 1 aliphatic carbocycles. The summed E-state index contributed by atoms with van der Waals surface area (Å²) in [5.41, 5.74) is 0.141. The van der Waals surface area contributed by atoms with Crippen molar-refractivity contribution in [2.24, 2.45) is 0 Å². The normalized spacial score (nSPS) is 13.2. The van der Waals surface area contributed by atoms with Crippen LogP contribution in [0.1, 0.15) is 18.4 Å². The number of nitrogens with one attached hydrogen (secondary N) is 3. The molecule has 0 saturated heterocycles. The predicted molar refractivity (Wildman–Crippen MR) is 102 cm³/mol. The SMILES string of the molecule is O=C(Cn1cc(Nc2nccc(NCc3c(F)ccc(F)c3F)n2)cn1)NC1CC1. The van der Waals surface area contributed by atoms with Crippen molar-refractivity contribution in [2.45, 2.75) is 32.0 Å². The number of halogens is 3. The summed E-state index contributed by atoms with van der Waals surface area (Å²) in [6.07, 6.45) is 6.62. The molecule has 3 N–H and O–H groups in total. The van der Waals surface area contributed by atoms with Crippen LogP contribution in [0, 0.1) is 17.5 Å². The summed E-state index contributed by atoms with van der Waals surface area (Å²) in [5.74, 6) is -2.83. The summed E-state index contributed by atoms with van der Waals surface area (Å²) in [6, 6.07) is 3.39. The van der Waals surface area contributed by atoms with Gasteiger partial charge in [0, 0.05) is 30.5 Å². The summed E-state index contributed by atoms with van der Waals surface area (Å²) in [7, 11) is 0. The number of hydrogen-bond acceptors (Lipinski definition) is 6. The van der Waals surface area contributed by atoms with Gasteiger partial charge in [0.1, 0.15) is 18.2 Å². The summed E-state index contributed by atoms with van der Waals surface area (Å²) in [5, 5.41) is 12.7. The van der Waals surface area contributed by atoms with Crippen LogP contribution in [-0.4, -0.2) is 31.7 Å². The topological polar surface area (TPSA) is 96.8 Å². The highest BCUT2D eigenvalue weighted by Gasteiger charge is 2.23. The van der Waals surface area contributed by atoms with Crippen LogP contribution in [0.15, 0.2) is 36.8 Å². The largest absolute Gasteiger partial charge is 0.366 e. The molecule has 0 spiro atoms. The van der Waals surface area contributed by atoms with E-state index in [-0.39, 0.29) is 36.8 Å². The standard InChI is InChI=1S/C19H18F3N7O/c20-14-3-4-15(21)18(22)13(14)8-24-16-5-6-23-19(28-16)27-12-7-25-29(9-12)10-17(30)26-11-1-2-11/h3-7,9,11H,1-2,8,10H2,(H,26,30)(H2,23,24,27,28). The Balaban J connectivity index is 1.37. The maximum Gasteiger partial charge on any atom is 0.241 e. The van der Waals surface area contributed by atoms with E-state index in [1.807, 2.05) is 0 Å². The zero-order valence-corrected chi connectivity index (χ0v) is 15.7. The number of carbonyl (C=O) groups is 1. The second-order valence-electron chi connectivity index (χ2n) is 6.83. The molecule has 156 valence electrons. The van der Waals surface area contributed by atoms with E-state index >= 15 is 0 Å². The van der Waals surface area contributed by atoms with Crippen molar-refractivity contribution in [1.29, 1.82) is 0 Å². The van der Waals surface area contributed by atoms with Crippen LogP contribution in [0.2, 0.25) is 0 Å². The zero-order chi connectivity index (χ0) is 21.1. The fraction of sp³-hybridized carbons (Fsp3) is 0.263. The first kappa shape index (κ1) is 19.7. The monoisotopic (exact) mass is 417 g/mol. The lowest BCUT2D eigenvalue weighted by Crippen LogP contribution is -2.29. The second-order valence-corrected chi connectivity index (χ2v) is 6.83. The van der Waals surface area contributed by atoms with Crippen molar-refractivity contribution in [3.8, 4) is 0 Å². The Labute approximate surface area is 169 Å². The van der Waals surface area contributed by atoms with E-state index in [0.717, 1.165) is 25.0 Å². The van der Waals surface area contributed by atoms with Gasteiger partial charge in [-0.15, -0.1) is 0 Å². The highest BCUT2D eigenvalue weighted by molar-refractivity contribution is 5.76. The molecule has 0 unspecified atom stereocenters. The molecule has 1 saturated carbocycles. The minimum Gasteiger partial charge on any atom is -0.366 e. The Morgan fingerprint density at radius 2 is 1.97 bits per heavy atom. The molecule has 1 fully saturated rings. The van der Waals surface area contributed by atoms with Crippen LogP contribution in [0.25, 0.3) is 0 Å². The predicted octanol–water partition coefficient (Wildman–Crippen LogP) is 2.72. The molecule has 0 aliphatic heterocycles. The van der Waals surface area contributed by atoms with E-state index in [4.69, 9.17) is 0 Å². The number of anilines is 3. The molecule has 11 heteroatoms. The summed E-state index contributed by atoms with van der Waals surface area (Å²) < 4.78 is 42.3. The van der Waals surface area contributed by atoms with Crippen LogP contribution < -0.4 is 16.0 Å². The maximum absolute atomic E-state index is 13.8. The van der Waals surface area contributed by atoms with Crippen molar-refractivity contribution in [1.82, 2.24) is 25.1 Å². The van der Waals surface area contributed by atoms with Crippen LogP contribution in [0.5, 0.6) is 0 Å². The molecule has 1 aliphatic rings. The number of aromatic nitrogens is 4. The van der Waals surface area contributed by atoms with Gasteiger partial charge in [-0.25, -0.2) is 18.2 Å². The third-order valence-electron chi connectivity index (χ3n) is 4.38. The third kappa shape index (κ3) is 4.85. The average molecular weight is 417 g/mol. The van der Waals surface area contributed by atoms with E-state index in [0.29, 0.717) is 5.69 Å². The van der Waals surface area contributed by atoms with Gasteiger partial charge in [-0.05, 0) is 31.0 Å². The summed E-state index contributed by atoms with van der Waals surface area (Å²) in [6.45, 7) is -0.189. The lowest BCUT2D eigenvalue weighted by molar-refractivity contribution is -0.122. The maximum atomic E-state index is 13.8. The molecule has 3 aromatic rings. The summed E-state index contributed by atoms with van der Waals surface area (Å²) >= 11 is 0. The fourth-order valence-electron chi connectivity index (χ4n) is 2.72. The second kappa shape index (κ2) is 8.39. The van der Waals surface area contributed by atoms with E-state index in [9.17, 15) is 18.0 Å². The molecule has 0 bridgehead atoms. The van der Waals surface area contributed by atoms with Crippen LogP contribution >= 0.6 is 0 Å². The van der Waals surface area contributed by atoms with Gasteiger partial charge in [-0.2, -0.15) is 10.1 Å². The zero-order valence-electron chi connectivity index (χ0n) is 15.7. The number of amides is 1. The van der Waals surface area contributed by atoms with Gasteiger partial charge in [0.2, 0.25) is 11.9 Å². The Morgan fingerprint density at radius 3 is 2.77 bits per heavy atom. The Morgan fingerprint density at radius 1 is 1.17 bits per heavy atom. The summed E-state index contributed by atoms with van der Waals surface area (Å²) in [4.78, 5) is 20.1. The first-order valence-corrected chi connectivity index (χ1v) is 9.26. The number of nitrogens with zero attached hydrogens (tertiary/aromatic N) is 4. The number of rotatable bonds is 8. The van der Waals surface area contributed by atoms with E-state index in [1.165, 1.54) is 23.1 Å². The van der Waals surface area contributed by atoms with Gasteiger partial charge >= 0.3 is 0 Å². The molecular weight excluding hydrogens is 399 g/mol. The highest BCUT2D eigenvalue weighted by atomic mass is 19.2. The first-order chi connectivity index (χ1) is 14.5. The molecule has 1 amide bonds. The molecule has 1 aromatic carbocycles. The van der Waals surface area contributed by atoms with Crippen molar-refractivity contribution in [2.75, 3.05) is 10.6 Å². The van der Waals surface area contributed by atoms with E-state index in [2.05, 4.69) is 31.0 Å². The number of hydrogen-bond donors (Lipinski definition) is 3. The minimum atomic E-state index is -1.24. The van der Waals surface area contributed by atoms with Gasteiger partial charge < -0.3 is 16.0 Å². The van der Waals surface area contributed by atoms with Crippen LogP contribution in [0.3, 0.4) is 0 Å². The molecule has 8 nitrogen and oxygen atoms in total. The lowest BCUT2D eigenvalue weighted by Gasteiger charge is -2.09. The Kier molecular flexibility index (Phi) is 5.50. The molecule has 2 heterocycles. The molecule has 0 radical (unpaired) electrons. The van der Waals surface area contributed by atoms with Crippen molar-refractivity contribution in [3.05, 3.63) is 59.8 Å². The van der Waals surface area contributed by atoms with Crippen LogP contribution in [0.4, 0.5) is 30.6 Å². The molecule has 2 aromatic heterocycles. The van der Waals surface area contributed by atoms with Gasteiger partial charge in [-0.1, -0.05) is 0 Å². The Bertz CT molecular complexity index is 1070. The van der Waals surface area contributed by atoms with Crippen molar-refractivity contribution < 1.29 is 18.0 Å². The average Bonchev–Trinajstić information content (AvgIpc) is 3.42.